The smallest absolute Gasteiger partial charge is 0.222 e. The summed E-state index contributed by atoms with van der Waals surface area (Å²) in [7, 11) is 1.66. The SMILES string of the molecule is COc1ccc(CCC(=O)N2CCC[C@H](c3cccc(-n4ccnc4C)n3)C2)cc1. The highest BCUT2D eigenvalue weighted by Gasteiger charge is 2.25. The predicted octanol–water partition coefficient (Wildman–Crippen LogP) is 3.92. The lowest BCUT2D eigenvalue weighted by molar-refractivity contribution is -0.132. The number of likely N-dealkylation sites (tertiary alicyclic amines) is 1. The van der Waals surface area contributed by atoms with Gasteiger partial charge in [-0.05, 0) is 56.0 Å². The van der Waals surface area contributed by atoms with Gasteiger partial charge in [-0.2, -0.15) is 0 Å². The number of benzene rings is 1. The van der Waals surface area contributed by atoms with Crippen molar-refractivity contribution in [1.29, 1.82) is 0 Å². The van der Waals surface area contributed by atoms with Gasteiger partial charge in [0, 0.05) is 43.5 Å². The van der Waals surface area contributed by atoms with Gasteiger partial charge >= 0.3 is 0 Å². The average molecular weight is 405 g/mol. The minimum absolute atomic E-state index is 0.220. The average Bonchev–Trinajstić information content (AvgIpc) is 3.24. The molecular formula is C24H28N4O2. The van der Waals surface area contributed by atoms with Gasteiger partial charge in [0.2, 0.25) is 5.91 Å². The largest absolute Gasteiger partial charge is 0.497 e. The Morgan fingerprint density at radius 3 is 2.77 bits per heavy atom. The number of nitrogens with zero attached hydrogens (tertiary/aromatic N) is 4. The number of pyridine rings is 1. The molecule has 6 nitrogen and oxygen atoms in total. The molecule has 0 spiro atoms. The monoisotopic (exact) mass is 404 g/mol. The van der Waals surface area contributed by atoms with E-state index in [-0.39, 0.29) is 11.8 Å². The zero-order valence-electron chi connectivity index (χ0n) is 17.6. The fourth-order valence-electron chi connectivity index (χ4n) is 4.07. The summed E-state index contributed by atoms with van der Waals surface area (Å²) >= 11 is 0. The second-order valence-electron chi connectivity index (χ2n) is 7.79. The molecule has 156 valence electrons. The highest BCUT2D eigenvalue weighted by atomic mass is 16.5. The summed E-state index contributed by atoms with van der Waals surface area (Å²) < 4.78 is 7.19. The molecule has 0 bridgehead atoms. The maximum absolute atomic E-state index is 12.8. The first-order valence-corrected chi connectivity index (χ1v) is 10.5. The minimum Gasteiger partial charge on any atom is -0.497 e. The van der Waals surface area contributed by atoms with E-state index in [1.54, 1.807) is 13.3 Å². The Balaban J connectivity index is 1.39. The molecule has 0 N–H and O–H groups in total. The van der Waals surface area contributed by atoms with Crippen molar-refractivity contribution in [2.24, 2.45) is 0 Å². The van der Waals surface area contributed by atoms with Crippen LogP contribution in [0.2, 0.25) is 0 Å². The van der Waals surface area contributed by atoms with Crippen LogP contribution in [0.3, 0.4) is 0 Å². The minimum atomic E-state index is 0.220. The number of hydrogen-bond acceptors (Lipinski definition) is 4. The van der Waals surface area contributed by atoms with Crippen molar-refractivity contribution >= 4 is 5.91 Å². The molecule has 3 aromatic rings. The highest BCUT2D eigenvalue weighted by molar-refractivity contribution is 5.76. The molecule has 0 saturated carbocycles. The zero-order valence-corrected chi connectivity index (χ0v) is 17.6. The van der Waals surface area contributed by atoms with E-state index in [9.17, 15) is 4.79 Å². The van der Waals surface area contributed by atoms with Crippen LogP contribution in [-0.2, 0) is 11.2 Å². The molecule has 1 amide bonds. The van der Waals surface area contributed by atoms with Crippen LogP contribution in [0.15, 0.2) is 54.9 Å². The maximum Gasteiger partial charge on any atom is 0.222 e. The van der Waals surface area contributed by atoms with Crippen molar-refractivity contribution in [3.8, 4) is 11.6 Å². The molecule has 1 aliphatic heterocycles. The van der Waals surface area contributed by atoms with Gasteiger partial charge in [0.15, 0.2) is 0 Å². The maximum atomic E-state index is 12.8. The molecule has 4 rings (SSSR count). The Labute approximate surface area is 177 Å². The second-order valence-corrected chi connectivity index (χ2v) is 7.79. The van der Waals surface area contributed by atoms with Crippen molar-refractivity contribution < 1.29 is 9.53 Å². The molecule has 1 saturated heterocycles. The van der Waals surface area contributed by atoms with Crippen LogP contribution < -0.4 is 4.74 Å². The summed E-state index contributed by atoms with van der Waals surface area (Å²) in [5, 5.41) is 0. The fraction of sp³-hybridized carbons (Fsp3) is 0.375. The summed E-state index contributed by atoms with van der Waals surface area (Å²) in [6, 6.07) is 14.1. The number of imidazole rings is 1. The van der Waals surface area contributed by atoms with E-state index in [0.29, 0.717) is 6.42 Å². The van der Waals surface area contributed by atoms with E-state index in [1.807, 2.05) is 59.0 Å². The molecule has 1 atom stereocenters. The topological polar surface area (TPSA) is 60.2 Å². The van der Waals surface area contributed by atoms with Crippen LogP contribution in [0.25, 0.3) is 5.82 Å². The molecular weight excluding hydrogens is 376 g/mol. The number of ether oxygens (including phenoxy) is 1. The van der Waals surface area contributed by atoms with Crippen LogP contribution in [0.4, 0.5) is 0 Å². The van der Waals surface area contributed by atoms with Crippen molar-refractivity contribution in [1.82, 2.24) is 19.4 Å². The van der Waals surface area contributed by atoms with E-state index >= 15 is 0 Å². The van der Waals surface area contributed by atoms with Gasteiger partial charge in [-0.1, -0.05) is 18.2 Å². The van der Waals surface area contributed by atoms with Crippen molar-refractivity contribution in [3.05, 3.63) is 71.9 Å². The van der Waals surface area contributed by atoms with Gasteiger partial charge in [0.25, 0.3) is 0 Å². The molecule has 2 aromatic heterocycles. The van der Waals surface area contributed by atoms with Gasteiger partial charge in [-0.3, -0.25) is 9.36 Å². The van der Waals surface area contributed by atoms with Crippen LogP contribution in [0.5, 0.6) is 5.75 Å². The van der Waals surface area contributed by atoms with Crippen molar-refractivity contribution in [3.63, 3.8) is 0 Å². The third kappa shape index (κ3) is 4.53. The van der Waals surface area contributed by atoms with Gasteiger partial charge in [0.1, 0.15) is 17.4 Å². The first kappa shape index (κ1) is 20.1. The number of hydrogen-bond donors (Lipinski definition) is 0. The normalized spacial score (nSPS) is 16.5. The number of aryl methyl sites for hydroxylation is 2. The van der Waals surface area contributed by atoms with E-state index < -0.39 is 0 Å². The van der Waals surface area contributed by atoms with Crippen LogP contribution in [-0.4, -0.2) is 45.5 Å². The van der Waals surface area contributed by atoms with E-state index in [2.05, 4.69) is 11.1 Å². The number of carbonyl (C=O) groups excluding carboxylic acids is 1. The molecule has 1 aliphatic rings. The lowest BCUT2D eigenvalue weighted by Gasteiger charge is -2.32. The number of rotatable bonds is 6. The molecule has 3 heterocycles. The lowest BCUT2D eigenvalue weighted by atomic mass is 9.94. The van der Waals surface area contributed by atoms with Crippen LogP contribution in [0.1, 0.15) is 42.3 Å². The van der Waals surface area contributed by atoms with Gasteiger partial charge < -0.3 is 9.64 Å². The van der Waals surface area contributed by atoms with E-state index in [4.69, 9.17) is 9.72 Å². The van der Waals surface area contributed by atoms with Gasteiger partial charge in [0.05, 0.1) is 7.11 Å². The van der Waals surface area contributed by atoms with Crippen LogP contribution in [0, 0.1) is 6.92 Å². The van der Waals surface area contributed by atoms with Crippen molar-refractivity contribution in [2.45, 2.75) is 38.5 Å². The molecule has 30 heavy (non-hydrogen) atoms. The first-order chi connectivity index (χ1) is 14.6. The molecule has 1 aromatic carbocycles. The fourth-order valence-corrected chi connectivity index (χ4v) is 4.07. The lowest BCUT2D eigenvalue weighted by Crippen LogP contribution is -2.39. The number of aromatic nitrogens is 3. The molecule has 6 heteroatoms. The third-order valence-electron chi connectivity index (χ3n) is 5.81. The Bertz CT molecular complexity index is 996. The summed E-state index contributed by atoms with van der Waals surface area (Å²) in [6.07, 6.45) is 7.06. The summed E-state index contributed by atoms with van der Waals surface area (Å²) in [4.78, 5) is 24.0. The first-order valence-electron chi connectivity index (χ1n) is 10.5. The van der Waals surface area contributed by atoms with Crippen molar-refractivity contribution in [2.75, 3.05) is 20.2 Å². The molecule has 0 aliphatic carbocycles. The Kier molecular flexibility index (Phi) is 6.12. The standard InChI is InChI=1S/C24H28N4O2/c1-18-25-14-16-28(18)23-7-3-6-22(26-23)20-5-4-15-27(17-20)24(29)13-10-19-8-11-21(30-2)12-9-19/h3,6-9,11-12,14,16,20H,4-5,10,13,15,17H2,1-2H3/t20-/m0/s1. The molecule has 0 radical (unpaired) electrons. The van der Waals surface area contributed by atoms with Gasteiger partial charge in [-0.15, -0.1) is 0 Å². The second kappa shape index (κ2) is 9.11. The molecule has 0 unspecified atom stereocenters. The Hall–Kier alpha value is -3.15. The van der Waals surface area contributed by atoms with Crippen LogP contribution >= 0.6 is 0 Å². The quantitative estimate of drug-likeness (QED) is 0.625. The number of amides is 1. The molecule has 1 fully saturated rings. The summed E-state index contributed by atoms with van der Waals surface area (Å²) in [5.74, 6) is 3.12. The van der Waals surface area contributed by atoms with E-state index in [1.165, 1.54) is 0 Å². The Morgan fingerprint density at radius 2 is 2.03 bits per heavy atom. The summed E-state index contributed by atoms with van der Waals surface area (Å²) in [6.45, 7) is 3.54. The zero-order chi connectivity index (χ0) is 20.9. The third-order valence-corrected chi connectivity index (χ3v) is 5.81. The predicted molar refractivity (Wildman–Crippen MR) is 116 cm³/mol. The number of methoxy groups -OCH3 is 1. The van der Waals surface area contributed by atoms with E-state index in [0.717, 1.165) is 61.0 Å². The van der Waals surface area contributed by atoms with Gasteiger partial charge in [-0.25, -0.2) is 9.97 Å². The number of piperidine rings is 1. The highest BCUT2D eigenvalue weighted by Crippen LogP contribution is 2.27. The Morgan fingerprint density at radius 1 is 1.20 bits per heavy atom. The summed E-state index contributed by atoms with van der Waals surface area (Å²) in [5.41, 5.74) is 2.20. The number of carbonyl (C=O) groups is 1.